The fourth-order valence-corrected chi connectivity index (χ4v) is 14.5. The highest BCUT2D eigenvalue weighted by Crippen LogP contribution is 2.31. The van der Waals surface area contributed by atoms with Crippen LogP contribution in [-0.4, -0.2) is 215 Å². The molecule has 0 bridgehead atoms. The van der Waals surface area contributed by atoms with Crippen molar-refractivity contribution in [3.8, 4) is 0 Å². The highest BCUT2D eigenvalue weighted by molar-refractivity contribution is 7.85. The largest absolute Gasteiger partial charge is 0.462 e. The molecule has 8 saturated heterocycles. The molecule has 8 fully saturated rings. The van der Waals surface area contributed by atoms with Gasteiger partial charge in [-0.1, -0.05) is 36.4 Å². The number of aliphatic hydroxyl groups is 1. The van der Waals surface area contributed by atoms with E-state index in [0.29, 0.717) is 61.6 Å². The Balaban J connectivity index is 0.000000134. The first-order chi connectivity index (χ1) is 47.0. The summed E-state index contributed by atoms with van der Waals surface area (Å²) in [7, 11) is -3.38. The van der Waals surface area contributed by atoms with Gasteiger partial charge in [0, 0.05) is 138 Å². The smallest absolute Gasteiger partial charge is 0.341 e. The highest BCUT2D eigenvalue weighted by Gasteiger charge is 2.36. The Morgan fingerprint density at radius 1 is 0.495 bits per heavy atom. The Kier molecular flexibility index (Phi) is 25.9. The second-order valence-corrected chi connectivity index (χ2v) is 27.5. The zero-order valence-electron chi connectivity index (χ0n) is 56.8. The van der Waals surface area contributed by atoms with Gasteiger partial charge in [0.25, 0.3) is 10.1 Å². The van der Waals surface area contributed by atoms with Crippen LogP contribution in [-0.2, 0) is 53.1 Å². The number of piperazine rings is 4. The summed E-state index contributed by atoms with van der Waals surface area (Å²) in [5.41, 5.74) is 9.41. The maximum atomic E-state index is 12.4. The minimum Gasteiger partial charge on any atom is -0.462 e. The predicted octanol–water partition coefficient (Wildman–Crippen LogP) is 8.98. The molecule has 9 heterocycles. The van der Waals surface area contributed by atoms with Crippen molar-refractivity contribution >= 4 is 56.7 Å². The molecule has 8 aliphatic rings. The standard InChI is InChI=1S/C20H26N4O2.C16H20N2O3.C15H22N2O3S.C14H20N2O.C9H9FO2/c1-2-26-20(25)17-12-21-24(14-17)13-16-5-7-18(8-6-16)23-11-10-22-9-3-4-19(22)15-23;1-2-21-16(20)12-3-5-13(6-4-12)17-9-10-18-14(11-17)7-8-15(18)19;1-21(18,19)20-12-13-4-6-14(7-5-13)17-10-9-16-8-2-3-15(16)11-17;17-11-12-3-5-13(6-4-12)16-9-8-15-7-1-2-14(15)10-16;1-2-12-9(11)7-3-5-8(10)6-4-7/h5-8,12,14,19H,2-4,9-11,13,15H2,1H3;3-6,14H,2,7-11H2,1H3;4-7,15H,2-3,8-12H2,1H3;3-6,14,17H,1-2,7-11H2;3-6H,2H2,1H3. The number of ether oxygens (including phenoxy) is 3. The molecule has 8 aliphatic heterocycles. The Morgan fingerprint density at radius 2 is 0.887 bits per heavy atom. The number of halogens is 1. The first kappa shape index (κ1) is 71.8. The lowest BCUT2D eigenvalue weighted by atomic mass is 10.1. The minimum atomic E-state index is -3.38. The topological polar surface area (TPSA) is 203 Å². The van der Waals surface area contributed by atoms with E-state index < -0.39 is 16.1 Å². The first-order valence-electron chi connectivity index (χ1n) is 34.7. The van der Waals surface area contributed by atoms with Crippen molar-refractivity contribution in [2.24, 2.45) is 0 Å². The van der Waals surface area contributed by atoms with Crippen molar-refractivity contribution in [1.29, 1.82) is 0 Å². The van der Waals surface area contributed by atoms with E-state index in [1.165, 1.54) is 125 Å². The number of fused-ring (bicyclic) bond motifs is 4. The number of aliphatic hydroxyl groups excluding tert-OH is 1. The number of aromatic nitrogens is 2. The Bertz CT molecular complexity index is 3600. The van der Waals surface area contributed by atoms with E-state index in [1.807, 2.05) is 41.3 Å². The lowest BCUT2D eigenvalue weighted by molar-refractivity contribution is -0.129. The fraction of sp³-hybridized carbons (Fsp3) is 0.500. The number of carbonyl (C=O) groups is 4. The molecule has 4 atom stereocenters. The van der Waals surface area contributed by atoms with E-state index in [1.54, 1.807) is 50.0 Å². The van der Waals surface area contributed by atoms with Gasteiger partial charge in [0.1, 0.15) is 5.82 Å². The Hall–Kier alpha value is -7.93. The Morgan fingerprint density at radius 3 is 1.32 bits per heavy atom. The number of amides is 1. The number of benzene rings is 5. The number of esters is 3. The maximum absolute atomic E-state index is 12.4. The average molecular weight is 1350 g/mol. The number of carbonyl (C=O) groups excluding carboxylic acids is 4. The van der Waals surface area contributed by atoms with Crippen molar-refractivity contribution in [2.75, 3.05) is 144 Å². The second-order valence-electron chi connectivity index (χ2n) is 25.8. The zero-order chi connectivity index (χ0) is 68.3. The molecule has 1 amide bonds. The summed E-state index contributed by atoms with van der Waals surface area (Å²) in [6.45, 7) is 23.9. The van der Waals surface area contributed by atoms with Crippen LogP contribution < -0.4 is 19.6 Å². The summed E-state index contributed by atoms with van der Waals surface area (Å²) < 4.78 is 55.6. The van der Waals surface area contributed by atoms with Crippen LogP contribution in [0.15, 0.2) is 134 Å². The van der Waals surface area contributed by atoms with Crippen LogP contribution in [0.2, 0.25) is 0 Å². The Labute approximate surface area is 571 Å². The first-order valence-corrected chi connectivity index (χ1v) is 36.5. The summed E-state index contributed by atoms with van der Waals surface area (Å²) in [5, 5.41) is 13.3. The summed E-state index contributed by atoms with van der Waals surface area (Å²) in [5.74, 6) is -1.09. The summed E-state index contributed by atoms with van der Waals surface area (Å²) in [6.07, 6.45) is 14.0. The van der Waals surface area contributed by atoms with E-state index in [0.717, 1.165) is 100 Å². The lowest BCUT2D eigenvalue weighted by Crippen LogP contribution is -2.51. The van der Waals surface area contributed by atoms with Gasteiger partial charge < -0.3 is 43.8 Å². The van der Waals surface area contributed by atoms with Crippen LogP contribution in [0, 0.1) is 5.82 Å². The van der Waals surface area contributed by atoms with Crippen molar-refractivity contribution in [3.63, 3.8) is 0 Å². The molecule has 1 aromatic heterocycles. The molecule has 4 unspecified atom stereocenters. The quantitative estimate of drug-likeness (QED) is 0.0546. The molecule has 6 aromatic rings. The van der Waals surface area contributed by atoms with Gasteiger partial charge in [0.05, 0.1) is 68.7 Å². The van der Waals surface area contributed by atoms with Crippen molar-refractivity contribution in [3.05, 3.63) is 173 Å². The van der Waals surface area contributed by atoms with Crippen LogP contribution in [0.25, 0.3) is 0 Å². The molecule has 1 N–H and O–H groups in total. The monoisotopic (exact) mass is 1350 g/mol. The van der Waals surface area contributed by atoms with Gasteiger partial charge in [0.15, 0.2) is 0 Å². The molecule has 5 aromatic carbocycles. The normalized spacial score (nSPS) is 20.6. The van der Waals surface area contributed by atoms with E-state index in [9.17, 15) is 32.0 Å². The summed E-state index contributed by atoms with van der Waals surface area (Å²) >= 11 is 0. The number of nitrogens with zero attached hydrogens (tertiary/aromatic N) is 10. The third-order valence-electron chi connectivity index (χ3n) is 19.4. The SMILES string of the molecule is CCOC(=O)c1ccc(F)cc1.CCOC(=O)c1ccc(N2CCN3C(=O)CCC3C2)cc1.CCOC(=O)c1cnn(Cc2ccc(N3CCN4CCCC4C3)cc2)c1.CS(=O)(=O)OCc1ccc(N2CCN3CCCC3C2)cc1.OCc1ccc(N2CCN3CCCC3C2)cc1. The molecule has 0 radical (unpaired) electrons. The molecule has 0 spiro atoms. The summed E-state index contributed by atoms with van der Waals surface area (Å²) in [6, 6.07) is 40.4. The number of hydrogen-bond donors (Lipinski definition) is 1. The summed E-state index contributed by atoms with van der Waals surface area (Å²) in [4.78, 5) is 65.6. The molecular formula is C74H97FN10O11S. The van der Waals surface area contributed by atoms with Crippen molar-refractivity contribution in [1.82, 2.24) is 29.4 Å². The fourth-order valence-electron chi connectivity index (χ4n) is 14.2. The molecule has 14 rings (SSSR count). The average Bonchev–Trinajstić information content (AvgIpc) is 1.79. The van der Waals surface area contributed by atoms with Gasteiger partial charge in [-0.25, -0.2) is 18.8 Å². The van der Waals surface area contributed by atoms with E-state index >= 15 is 0 Å². The molecule has 0 saturated carbocycles. The second kappa shape index (κ2) is 35.0. The molecular weight excluding hydrogens is 1260 g/mol. The van der Waals surface area contributed by atoms with Gasteiger partial charge in [-0.3, -0.25) is 28.4 Å². The van der Waals surface area contributed by atoms with Gasteiger partial charge in [0.2, 0.25) is 5.91 Å². The van der Waals surface area contributed by atoms with E-state index in [2.05, 4.69) is 87.9 Å². The third kappa shape index (κ3) is 20.3. The molecule has 21 nitrogen and oxygen atoms in total. The van der Waals surface area contributed by atoms with E-state index in [4.69, 9.17) is 23.5 Å². The number of rotatable bonds is 16. The maximum Gasteiger partial charge on any atom is 0.341 e. The lowest BCUT2D eigenvalue weighted by Gasteiger charge is -2.38. The predicted molar refractivity (Wildman–Crippen MR) is 374 cm³/mol. The van der Waals surface area contributed by atoms with Crippen LogP contribution in [0.3, 0.4) is 0 Å². The van der Waals surface area contributed by atoms with Crippen molar-refractivity contribution < 1.29 is 55.5 Å². The zero-order valence-corrected chi connectivity index (χ0v) is 57.6. The van der Waals surface area contributed by atoms with Gasteiger partial charge in [-0.2, -0.15) is 13.5 Å². The van der Waals surface area contributed by atoms with Crippen LogP contribution >= 0.6 is 0 Å². The van der Waals surface area contributed by atoms with E-state index in [-0.39, 0.29) is 36.9 Å². The molecule has 0 aliphatic carbocycles. The van der Waals surface area contributed by atoms with Gasteiger partial charge >= 0.3 is 17.9 Å². The van der Waals surface area contributed by atoms with Gasteiger partial charge in [-0.15, -0.1) is 0 Å². The molecule has 97 heavy (non-hydrogen) atoms. The molecule has 522 valence electrons. The van der Waals surface area contributed by atoms with Crippen LogP contribution in [0.5, 0.6) is 0 Å². The van der Waals surface area contributed by atoms with Gasteiger partial charge in [-0.05, 0) is 187 Å². The minimum absolute atomic E-state index is 0.107. The van der Waals surface area contributed by atoms with Crippen molar-refractivity contribution in [2.45, 2.75) is 116 Å². The molecule has 23 heteroatoms. The number of hydrogen-bond acceptors (Lipinski definition) is 19. The van der Waals surface area contributed by atoms with Crippen LogP contribution in [0.1, 0.15) is 120 Å². The van der Waals surface area contributed by atoms with Crippen LogP contribution in [0.4, 0.5) is 27.1 Å². The highest BCUT2D eigenvalue weighted by atomic mass is 32.2. The number of anilines is 4. The third-order valence-corrected chi connectivity index (χ3v) is 19.9.